The summed E-state index contributed by atoms with van der Waals surface area (Å²) in [7, 11) is 0. The van der Waals surface area contributed by atoms with Gasteiger partial charge < -0.3 is 15.2 Å². The van der Waals surface area contributed by atoms with Crippen molar-refractivity contribution < 1.29 is 14.6 Å². The van der Waals surface area contributed by atoms with Crippen molar-refractivity contribution in [2.24, 2.45) is 0 Å². The lowest BCUT2D eigenvalue weighted by Crippen LogP contribution is -2.56. The molecule has 0 saturated heterocycles. The van der Waals surface area contributed by atoms with E-state index in [1.54, 1.807) is 20.8 Å². The Balaban J connectivity index is 2.30. The summed E-state index contributed by atoms with van der Waals surface area (Å²) in [6, 6.07) is 7.61. The summed E-state index contributed by atoms with van der Waals surface area (Å²) >= 11 is 6.00. The summed E-state index contributed by atoms with van der Waals surface area (Å²) in [5.74, 6) is 0. The number of carbonyl (C=O) groups excluding carboxylic acids is 1. The van der Waals surface area contributed by atoms with Crippen LogP contribution >= 0.6 is 11.6 Å². The number of nitrogens with one attached hydrogen (secondary N) is 1. The van der Waals surface area contributed by atoms with Crippen LogP contribution in [-0.4, -0.2) is 29.4 Å². The maximum absolute atomic E-state index is 12.0. The van der Waals surface area contributed by atoms with Crippen LogP contribution in [0.4, 0.5) is 4.79 Å². The first kappa shape index (κ1) is 18.1. The van der Waals surface area contributed by atoms with E-state index in [-0.39, 0.29) is 11.5 Å². The summed E-state index contributed by atoms with van der Waals surface area (Å²) in [5, 5.41) is 14.0. The van der Waals surface area contributed by atoms with E-state index >= 15 is 0 Å². The molecule has 0 bridgehead atoms. The van der Waals surface area contributed by atoms with E-state index in [1.807, 2.05) is 24.3 Å². The summed E-state index contributed by atoms with van der Waals surface area (Å²) in [6.45, 7) is 5.64. The molecule has 23 heavy (non-hydrogen) atoms. The van der Waals surface area contributed by atoms with Crippen LogP contribution in [0, 0.1) is 0 Å². The van der Waals surface area contributed by atoms with E-state index in [9.17, 15) is 9.90 Å². The number of carbonyl (C=O) groups is 1. The SMILES string of the molecule is CCOC(=O)N[C@@H](CC(C)(C)O)C1(c2ccc(Cl)cc2)CCC1. The lowest BCUT2D eigenvalue weighted by atomic mass is 9.58. The molecule has 1 aliphatic carbocycles. The third-order valence-electron chi connectivity index (χ3n) is 4.60. The molecule has 0 aliphatic heterocycles. The van der Waals surface area contributed by atoms with Gasteiger partial charge in [0, 0.05) is 16.5 Å². The third kappa shape index (κ3) is 4.39. The minimum atomic E-state index is -0.876. The molecule has 0 spiro atoms. The molecule has 0 unspecified atom stereocenters. The Hall–Kier alpha value is -1.26. The highest BCUT2D eigenvalue weighted by molar-refractivity contribution is 6.30. The fourth-order valence-corrected chi connectivity index (χ4v) is 3.50. The van der Waals surface area contributed by atoms with Crippen molar-refractivity contribution in [2.75, 3.05) is 6.61 Å². The molecule has 1 atom stereocenters. The normalized spacial score (nSPS) is 18.0. The number of halogens is 1. The average molecular weight is 340 g/mol. The van der Waals surface area contributed by atoms with E-state index in [4.69, 9.17) is 16.3 Å². The molecule has 1 saturated carbocycles. The van der Waals surface area contributed by atoms with Crippen LogP contribution in [0.3, 0.4) is 0 Å². The number of amides is 1. The molecule has 4 nitrogen and oxygen atoms in total. The standard InChI is InChI=1S/C18H26ClNO3/c1-4-23-16(21)20-15(12-17(2,3)22)18(10-5-11-18)13-6-8-14(19)9-7-13/h6-9,15,22H,4-5,10-12H2,1-3H3,(H,20,21)/t15-/m0/s1. The fraction of sp³-hybridized carbons (Fsp3) is 0.611. The van der Waals surface area contributed by atoms with Gasteiger partial charge in [0.2, 0.25) is 0 Å². The third-order valence-corrected chi connectivity index (χ3v) is 4.86. The van der Waals surface area contributed by atoms with Crippen molar-refractivity contribution in [2.45, 2.75) is 63.5 Å². The van der Waals surface area contributed by atoms with Gasteiger partial charge in [0.1, 0.15) is 0 Å². The lowest BCUT2D eigenvalue weighted by molar-refractivity contribution is 0.0307. The summed E-state index contributed by atoms with van der Waals surface area (Å²) in [6.07, 6.45) is 3.09. The Kier molecular flexibility index (Phi) is 5.58. The maximum Gasteiger partial charge on any atom is 0.407 e. The van der Waals surface area contributed by atoms with Crippen molar-refractivity contribution in [1.29, 1.82) is 0 Å². The Morgan fingerprint density at radius 2 is 2.00 bits per heavy atom. The minimum absolute atomic E-state index is 0.169. The van der Waals surface area contributed by atoms with Crippen LogP contribution in [0.15, 0.2) is 24.3 Å². The predicted molar refractivity (Wildman–Crippen MR) is 91.8 cm³/mol. The Morgan fingerprint density at radius 3 is 2.43 bits per heavy atom. The zero-order valence-corrected chi connectivity index (χ0v) is 14.8. The minimum Gasteiger partial charge on any atom is -0.450 e. The molecule has 1 aliphatic rings. The highest BCUT2D eigenvalue weighted by Gasteiger charge is 2.47. The predicted octanol–water partition coefficient (Wildman–Crippen LogP) is 4.04. The van der Waals surface area contributed by atoms with Gasteiger partial charge in [-0.25, -0.2) is 4.79 Å². The van der Waals surface area contributed by atoms with Crippen molar-refractivity contribution in [3.05, 3.63) is 34.9 Å². The largest absolute Gasteiger partial charge is 0.450 e. The molecule has 128 valence electrons. The maximum atomic E-state index is 12.0. The molecule has 0 aromatic heterocycles. The Morgan fingerprint density at radius 1 is 1.39 bits per heavy atom. The molecular formula is C18H26ClNO3. The highest BCUT2D eigenvalue weighted by Crippen LogP contribution is 2.48. The Labute approximate surface area is 143 Å². The molecule has 1 fully saturated rings. The van der Waals surface area contributed by atoms with Crippen LogP contribution in [0.2, 0.25) is 5.02 Å². The lowest BCUT2D eigenvalue weighted by Gasteiger charge is -2.49. The molecule has 1 aromatic rings. The number of hydrogen-bond acceptors (Lipinski definition) is 3. The van der Waals surface area contributed by atoms with Crippen LogP contribution in [-0.2, 0) is 10.2 Å². The highest BCUT2D eigenvalue weighted by atomic mass is 35.5. The first-order valence-corrected chi connectivity index (χ1v) is 8.56. The monoisotopic (exact) mass is 339 g/mol. The molecule has 5 heteroatoms. The molecule has 0 radical (unpaired) electrons. The van der Waals surface area contributed by atoms with Gasteiger partial charge in [-0.15, -0.1) is 0 Å². The van der Waals surface area contributed by atoms with Crippen LogP contribution in [0.1, 0.15) is 52.0 Å². The van der Waals surface area contributed by atoms with Gasteiger partial charge in [-0.05, 0) is 57.7 Å². The molecule has 0 heterocycles. The van der Waals surface area contributed by atoms with Crippen molar-refractivity contribution in [3.63, 3.8) is 0 Å². The molecule has 1 amide bonds. The summed E-state index contributed by atoms with van der Waals surface area (Å²) < 4.78 is 5.05. The number of rotatable bonds is 6. The van der Waals surface area contributed by atoms with Gasteiger partial charge in [-0.2, -0.15) is 0 Å². The Bertz CT molecular complexity index is 532. The van der Waals surface area contributed by atoms with Gasteiger partial charge in [0.05, 0.1) is 12.2 Å². The van der Waals surface area contributed by atoms with Crippen molar-refractivity contribution in [3.8, 4) is 0 Å². The van der Waals surface area contributed by atoms with E-state index in [0.717, 1.165) is 24.8 Å². The van der Waals surface area contributed by atoms with Crippen LogP contribution < -0.4 is 5.32 Å². The number of alkyl carbamates (subject to hydrolysis) is 1. The molecular weight excluding hydrogens is 314 g/mol. The molecule has 2 N–H and O–H groups in total. The smallest absolute Gasteiger partial charge is 0.407 e. The van der Waals surface area contributed by atoms with E-state index in [1.165, 1.54) is 0 Å². The molecule has 2 rings (SSSR count). The van der Waals surface area contributed by atoms with Gasteiger partial charge in [-0.3, -0.25) is 0 Å². The van der Waals surface area contributed by atoms with Crippen molar-refractivity contribution >= 4 is 17.7 Å². The van der Waals surface area contributed by atoms with E-state index in [2.05, 4.69) is 5.32 Å². The second-order valence-electron chi connectivity index (χ2n) is 6.95. The van der Waals surface area contributed by atoms with Gasteiger partial charge >= 0.3 is 6.09 Å². The number of ether oxygens (including phenoxy) is 1. The second kappa shape index (κ2) is 7.10. The van der Waals surface area contributed by atoms with Crippen molar-refractivity contribution in [1.82, 2.24) is 5.32 Å². The van der Waals surface area contributed by atoms with Gasteiger partial charge in [0.25, 0.3) is 0 Å². The average Bonchev–Trinajstić information content (AvgIpc) is 2.38. The quantitative estimate of drug-likeness (QED) is 0.822. The van der Waals surface area contributed by atoms with Gasteiger partial charge in [0.15, 0.2) is 0 Å². The molecule has 1 aromatic carbocycles. The number of hydrogen-bond donors (Lipinski definition) is 2. The van der Waals surface area contributed by atoms with Crippen LogP contribution in [0.25, 0.3) is 0 Å². The topological polar surface area (TPSA) is 58.6 Å². The first-order chi connectivity index (χ1) is 10.8. The number of benzene rings is 1. The van der Waals surface area contributed by atoms with E-state index < -0.39 is 11.7 Å². The fourth-order valence-electron chi connectivity index (χ4n) is 3.38. The summed E-state index contributed by atoms with van der Waals surface area (Å²) in [4.78, 5) is 12.0. The van der Waals surface area contributed by atoms with Gasteiger partial charge in [-0.1, -0.05) is 30.2 Å². The van der Waals surface area contributed by atoms with E-state index in [0.29, 0.717) is 18.1 Å². The number of aliphatic hydroxyl groups is 1. The zero-order valence-electron chi connectivity index (χ0n) is 14.1. The summed E-state index contributed by atoms with van der Waals surface area (Å²) in [5.41, 5.74) is 0.107. The zero-order chi connectivity index (χ0) is 17.1. The van der Waals surface area contributed by atoms with Crippen LogP contribution in [0.5, 0.6) is 0 Å². The first-order valence-electron chi connectivity index (χ1n) is 8.18. The second-order valence-corrected chi connectivity index (χ2v) is 7.39.